The predicted molar refractivity (Wildman–Crippen MR) is 67.4 cm³/mol. The molecule has 0 aliphatic carbocycles. The summed E-state index contributed by atoms with van der Waals surface area (Å²) in [7, 11) is 0. The third-order valence-electron chi connectivity index (χ3n) is 2.58. The van der Waals surface area contributed by atoms with Crippen molar-refractivity contribution in [2.24, 2.45) is 0 Å². The number of fused-ring (bicyclic) bond motifs is 1. The van der Waals surface area contributed by atoms with Crippen LogP contribution in [0.4, 0.5) is 5.69 Å². The first-order valence-corrected chi connectivity index (χ1v) is 5.49. The van der Waals surface area contributed by atoms with Crippen LogP contribution in [0.5, 0.6) is 0 Å². The van der Waals surface area contributed by atoms with Gasteiger partial charge in [-0.2, -0.15) is 5.10 Å². The Bertz CT molecular complexity index is 690. The van der Waals surface area contributed by atoms with Crippen molar-refractivity contribution in [1.82, 2.24) is 14.6 Å². The molecule has 0 atom stereocenters. The number of rotatable bonds is 2. The maximum absolute atomic E-state index is 12.1. The number of hydrogen-bond acceptors (Lipinski definition) is 3. The zero-order chi connectivity index (χ0) is 12.4. The summed E-state index contributed by atoms with van der Waals surface area (Å²) < 4.78 is 1.62. The van der Waals surface area contributed by atoms with Crippen molar-refractivity contribution in [3.63, 3.8) is 0 Å². The van der Waals surface area contributed by atoms with E-state index in [-0.39, 0.29) is 5.91 Å². The molecule has 0 unspecified atom stereocenters. The SMILES string of the molecule is O=C(Nc1ccccc1)c1ncnn2cccc12. The molecule has 5 heteroatoms. The van der Waals surface area contributed by atoms with E-state index in [1.165, 1.54) is 6.33 Å². The van der Waals surface area contributed by atoms with Crippen LogP contribution in [-0.2, 0) is 0 Å². The van der Waals surface area contributed by atoms with E-state index in [9.17, 15) is 4.79 Å². The second-order valence-corrected chi connectivity index (χ2v) is 3.77. The predicted octanol–water partition coefficient (Wildman–Crippen LogP) is 1.98. The Morgan fingerprint density at radius 1 is 1.11 bits per heavy atom. The van der Waals surface area contributed by atoms with Crippen molar-refractivity contribution >= 4 is 17.1 Å². The van der Waals surface area contributed by atoms with Crippen molar-refractivity contribution in [3.8, 4) is 0 Å². The van der Waals surface area contributed by atoms with Crippen LogP contribution in [0.3, 0.4) is 0 Å². The van der Waals surface area contributed by atoms with E-state index in [1.807, 2.05) is 36.4 Å². The Balaban J connectivity index is 1.95. The monoisotopic (exact) mass is 238 g/mol. The Labute approximate surface area is 103 Å². The van der Waals surface area contributed by atoms with Gasteiger partial charge in [0.25, 0.3) is 5.91 Å². The van der Waals surface area contributed by atoms with Crippen molar-refractivity contribution in [3.05, 3.63) is 60.7 Å². The van der Waals surface area contributed by atoms with Gasteiger partial charge in [-0.3, -0.25) is 4.79 Å². The largest absolute Gasteiger partial charge is 0.321 e. The first-order valence-electron chi connectivity index (χ1n) is 5.49. The number of para-hydroxylation sites is 1. The van der Waals surface area contributed by atoms with Crippen LogP contribution in [0.2, 0.25) is 0 Å². The molecular formula is C13H10N4O. The molecule has 88 valence electrons. The number of anilines is 1. The van der Waals surface area contributed by atoms with Gasteiger partial charge in [-0.05, 0) is 24.3 Å². The van der Waals surface area contributed by atoms with E-state index in [4.69, 9.17) is 0 Å². The molecule has 1 amide bonds. The highest BCUT2D eigenvalue weighted by atomic mass is 16.1. The molecule has 18 heavy (non-hydrogen) atoms. The standard InChI is InChI=1S/C13H10N4O/c18-13(16-10-5-2-1-3-6-10)12-11-7-4-8-17(11)15-9-14-12/h1-9H,(H,16,18). The molecule has 0 aliphatic rings. The van der Waals surface area contributed by atoms with Crippen molar-refractivity contribution in [1.29, 1.82) is 0 Å². The quantitative estimate of drug-likeness (QED) is 0.742. The number of carbonyl (C=O) groups excluding carboxylic acids is 1. The molecule has 0 saturated heterocycles. The number of nitrogens with one attached hydrogen (secondary N) is 1. The summed E-state index contributed by atoms with van der Waals surface area (Å²) in [5, 5.41) is 6.81. The van der Waals surface area contributed by atoms with Gasteiger partial charge < -0.3 is 5.32 Å². The van der Waals surface area contributed by atoms with Crippen LogP contribution in [0, 0.1) is 0 Å². The van der Waals surface area contributed by atoms with Gasteiger partial charge in [0.05, 0.1) is 5.52 Å². The summed E-state index contributed by atoms with van der Waals surface area (Å²) in [6, 6.07) is 12.9. The molecule has 3 aromatic rings. The molecule has 1 aromatic carbocycles. The van der Waals surface area contributed by atoms with Gasteiger partial charge in [0.15, 0.2) is 5.69 Å². The number of nitrogens with zero attached hydrogens (tertiary/aromatic N) is 3. The van der Waals surface area contributed by atoms with Crippen LogP contribution in [0.15, 0.2) is 55.0 Å². The van der Waals surface area contributed by atoms with Gasteiger partial charge in [-0.1, -0.05) is 18.2 Å². The van der Waals surface area contributed by atoms with E-state index in [1.54, 1.807) is 16.8 Å². The van der Waals surface area contributed by atoms with E-state index >= 15 is 0 Å². The van der Waals surface area contributed by atoms with Crippen LogP contribution in [0.25, 0.3) is 5.52 Å². The molecular weight excluding hydrogens is 228 g/mol. The molecule has 0 aliphatic heterocycles. The zero-order valence-corrected chi connectivity index (χ0v) is 9.45. The normalized spacial score (nSPS) is 10.4. The highest BCUT2D eigenvalue weighted by Crippen LogP contribution is 2.11. The van der Waals surface area contributed by atoms with Crippen LogP contribution < -0.4 is 5.32 Å². The maximum atomic E-state index is 12.1. The van der Waals surface area contributed by atoms with Crippen molar-refractivity contribution in [2.75, 3.05) is 5.32 Å². The van der Waals surface area contributed by atoms with Crippen LogP contribution in [0.1, 0.15) is 10.5 Å². The Morgan fingerprint density at radius 3 is 2.78 bits per heavy atom. The van der Waals surface area contributed by atoms with Gasteiger partial charge >= 0.3 is 0 Å². The molecule has 1 N–H and O–H groups in total. The van der Waals surface area contributed by atoms with E-state index < -0.39 is 0 Å². The van der Waals surface area contributed by atoms with Crippen LogP contribution >= 0.6 is 0 Å². The lowest BCUT2D eigenvalue weighted by Crippen LogP contribution is -2.15. The average Bonchev–Trinajstić information content (AvgIpc) is 2.87. The highest BCUT2D eigenvalue weighted by Gasteiger charge is 2.12. The summed E-state index contributed by atoms with van der Waals surface area (Å²) in [4.78, 5) is 16.1. The van der Waals surface area contributed by atoms with Crippen molar-refractivity contribution in [2.45, 2.75) is 0 Å². The molecule has 0 spiro atoms. The topological polar surface area (TPSA) is 59.3 Å². The summed E-state index contributed by atoms with van der Waals surface area (Å²) in [6.45, 7) is 0. The minimum absolute atomic E-state index is 0.243. The molecule has 0 radical (unpaired) electrons. The molecule has 5 nitrogen and oxygen atoms in total. The Hall–Kier alpha value is -2.69. The first kappa shape index (κ1) is 10.5. The summed E-state index contributed by atoms with van der Waals surface area (Å²) in [5.74, 6) is -0.243. The smallest absolute Gasteiger partial charge is 0.276 e. The third kappa shape index (κ3) is 1.82. The molecule has 3 rings (SSSR count). The van der Waals surface area contributed by atoms with Gasteiger partial charge in [0, 0.05) is 11.9 Å². The molecule has 2 heterocycles. The minimum atomic E-state index is -0.243. The van der Waals surface area contributed by atoms with Gasteiger partial charge in [-0.15, -0.1) is 0 Å². The third-order valence-corrected chi connectivity index (χ3v) is 2.58. The molecule has 2 aromatic heterocycles. The average molecular weight is 238 g/mol. The van der Waals surface area contributed by atoms with Crippen molar-refractivity contribution < 1.29 is 4.79 Å². The molecule has 0 saturated carbocycles. The second-order valence-electron chi connectivity index (χ2n) is 3.77. The van der Waals surface area contributed by atoms with Gasteiger partial charge in [0.1, 0.15) is 6.33 Å². The lowest BCUT2D eigenvalue weighted by molar-refractivity contribution is 0.102. The highest BCUT2D eigenvalue weighted by molar-refractivity contribution is 6.07. The number of carbonyl (C=O) groups is 1. The Morgan fingerprint density at radius 2 is 1.94 bits per heavy atom. The van der Waals surface area contributed by atoms with E-state index in [2.05, 4.69) is 15.4 Å². The minimum Gasteiger partial charge on any atom is -0.321 e. The first-order chi connectivity index (χ1) is 8.84. The fourth-order valence-corrected chi connectivity index (χ4v) is 1.75. The number of benzene rings is 1. The lowest BCUT2D eigenvalue weighted by Gasteiger charge is -2.05. The van der Waals surface area contributed by atoms with Crippen LogP contribution in [-0.4, -0.2) is 20.5 Å². The van der Waals surface area contributed by atoms with Gasteiger partial charge in [-0.25, -0.2) is 9.50 Å². The number of aromatic nitrogens is 3. The molecule has 0 fully saturated rings. The Kier molecular flexibility index (Phi) is 2.49. The summed E-state index contributed by atoms with van der Waals surface area (Å²) in [5.41, 5.74) is 1.79. The molecule has 0 bridgehead atoms. The number of hydrogen-bond donors (Lipinski definition) is 1. The fourth-order valence-electron chi connectivity index (χ4n) is 1.75. The maximum Gasteiger partial charge on any atom is 0.276 e. The summed E-state index contributed by atoms with van der Waals surface area (Å²) in [6.07, 6.45) is 3.14. The second kappa shape index (κ2) is 4.29. The lowest BCUT2D eigenvalue weighted by atomic mass is 10.3. The van der Waals surface area contributed by atoms with Gasteiger partial charge in [0.2, 0.25) is 0 Å². The van der Waals surface area contributed by atoms with E-state index in [0.29, 0.717) is 11.2 Å². The fraction of sp³-hybridized carbons (Fsp3) is 0. The van der Waals surface area contributed by atoms with E-state index in [0.717, 1.165) is 5.69 Å². The zero-order valence-electron chi connectivity index (χ0n) is 9.45. The number of amides is 1. The summed E-state index contributed by atoms with van der Waals surface area (Å²) >= 11 is 0.